The number of likely N-dealkylation sites (tertiary alicyclic amines) is 1. The van der Waals surface area contributed by atoms with Crippen LogP contribution in [0.4, 0.5) is 0 Å². The predicted octanol–water partition coefficient (Wildman–Crippen LogP) is 1.54. The van der Waals surface area contributed by atoms with Crippen molar-refractivity contribution in [1.82, 2.24) is 4.90 Å². The molecule has 3 heterocycles. The molecule has 1 aromatic rings. The van der Waals surface area contributed by atoms with Gasteiger partial charge in [0.25, 0.3) is 0 Å². The molecule has 1 spiro atoms. The van der Waals surface area contributed by atoms with E-state index < -0.39 is 0 Å². The summed E-state index contributed by atoms with van der Waals surface area (Å²) < 4.78 is 6.55. The Morgan fingerprint density at radius 2 is 2.18 bits per heavy atom. The van der Waals surface area contributed by atoms with Crippen molar-refractivity contribution in [3.8, 4) is 5.75 Å². The molecule has 4 atom stereocenters. The molecule has 22 heavy (non-hydrogen) atoms. The van der Waals surface area contributed by atoms with Crippen molar-refractivity contribution in [1.29, 1.82) is 0 Å². The number of benzene rings is 1. The van der Waals surface area contributed by atoms with Gasteiger partial charge in [0.1, 0.15) is 5.75 Å². The van der Waals surface area contributed by atoms with Crippen LogP contribution in [0.1, 0.15) is 36.8 Å². The van der Waals surface area contributed by atoms with E-state index >= 15 is 0 Å². The molecule has 3 N–H and O–H groups in total. The molecule has 1 aromatic carbocycles. The second-order valence-electron chi connectivity index (χ2n) is 8.09. The quantitative estimate of drug-likeness (QED) is 0.763. The molecule has 118 valence electrons. The maximum absolute atomic E-state index is 10.1. The van der Waals surface area contributed by atoms with E-state index in [9.17, 15) is 5.11 Å². The highest BCUT2D eigenvalue weighted by atomic mass is 16.5. The summed E-state index contributed by atoms with van der Waals surface area (Å²) in [4.78, 5) is 2.49. The number of rotatable bonds is 0. The number of phenolic OH excluding ortho intramolecular Hbond substituents is 1. The van der Waals surface area contributed by atoms with E-state index in [0.29, 0.717) is 18.4 Å². The van der Waals surface area contributed by atoms with Crippen LogP contribution in [-0.2, 0) is 16.6 Å². The summed E-state index contributed by atoms with van der Waals surface area (Å²) >= 11 is 0. The molecule has 2 aliphatic carbocycles. The standard InChI is InChI=1S/C18H24N2O2/c1-20-7-6-17-10-16(19)4-5-18(17,22-11-16)15(20)8-12-2-3-13(21)9-14(12)17/h2-3,9,15,21H,4-8,10-11,19H2,1H3/t15-,16+,17-,18-/m1/s1. The zero-order chi connectivity index (χ0) is 15.2. The van der Waals surface area contributed by atoms with Crippen LogP contribution in [0.2, 0.25) is 0 Å². The van der Waals surface area contributed by atoms with Gasteiger partial charge in [-0.05, 0) is 69.0 Å². The number of likely N-dealkylation sites (N-methyl/N-ethyl adjacent to an activating group) is 1. The lowest BCUT2D eigenvalue weighted by Crippen LogP contribution is -2.80. The van der Waals surface area contributed by atoms with Gasteiger partial charge in [-0.25, -0.2) is 0 Å². The number of ether oxygens (including phenoxy) is 1. The number of nitrogens with zero attached hydrogens (tertiary/aromatic N) is 1. The van der Waals surface area contributed by atoms with Crippen molar-refractivity contribution in [3.63, 3.8) is 0 Å². The summed E-state index contributed by atoms with van der Waals surface area (Å²) in [5.41, 5.74) is 9.03. The molecule has 0 radical (unpaired) electrons. The highest BCUT2D eigenvalue weighted by Crippen LogP contribution is 2.63. The maximum Gasteiger partial charge on any atom is 0.115 e. The molecule has 3 saturated heterocycles. The van der Waals surface area contributed by atoms with E-state index in [4.69, 9.17) is 10.5 Å². The van der Waals surface area contributed by atoms with Gasteiger partial charge in [0.15, 0.2) is 0 Å². The fourth-order valence-electron chi connectivity index (χ4n) is 6.05. The lowest BCUT2D eigenvalue weighted by molar-refractivity contribution is -0.255. The molecule has 5 aliphatic rings. The molecular weight excluding hydrogens is 276 g/mol. The van der Waals surface area contributed by atoms with Crippen LogP contribution in [0.25, 0.3) is 0 Å². The number of hydrogen-bond acceptors (Lipinski definition) is 4. The van der Waals surface area contributed by atoms with Gasteiger partial charge in [0, 0.05) is 17.0 Å². The number of phenols is 1. The average Bonchev–Trinajstić information content (AvgIpc) is 2.51. The number of fused-ring (bicyclic) bond motifs is 3. The van der Waals surface area contributed by atoms with Crippen molar-refractivity contribution in [2.75, 3.05) is 20.2 Å². The van der Waals surface area contributed by atoms with E-state index in [0.717, 1.165) is 38.6 Å². The largest absolute Gasteiger partial charge is 0.508 e. The lowest BCUT2D eigenvalue weighted by Gasteiger charge is -2.71. The van der Waals surface area contributed by atoms with Crippen molar-refractivity contribution in [2.45, 2.75) is 54.7 Å². The van der Waals surface area contributed by atoms with Crippen molar-refractivity contribution in [3.05, 3.63) is 29.3 Å². The van der Waals surface area contributed by atoms with Crippen LogP contribution >= 0.6 is 0 Å². The predicted molar refractivity (Wildman–Crippen MR) is 84.0 cm³/mol. The first-order valence-corrected chi connectivity index (χ1v) is 8.44. The minimum Gasteiger partial charge on any atom is -0.508 e. The van der Waals surface area contributed by atoms with Gasteiger partial charge in [0.2, 0.25) is 0 Å². The molecule has 4 heteroatoms. The SMILES string of the molecule is CN1CC[C@]23C[C@@]4(N)CC[C@@]2(OC4)[C@H]1Cc1ccc(O)cc13. The van der Waals surface area contributed by atoms with Crippen molar-refractivity contribution >= 4 is 0 Å². The Labute approximate surface area is 131 Å². The molecular formula is C18H24N2O2. The second-order valence-corrected chi connectivity index (χ2v) is 8.09. The highest BCUT2D eigenvalue weighted by molar-refractivity contribution is 5.49. The van der Waals surface area contributed by atoms with E-state index in [2.05, 4.69) is 18.0 Å². The Morgan fingerprint density at radius 3 is 2.95 bits per heavy atom. The summed E-state index contributed by atoms with van der Waals surface area (Å²) in [7, 11) is 2.23. The second kappa shape index (κ2) is 3.86. The van der Waals surface area contributed by atoms with Crippen LogP contribution < -0.4 is 5.73 Å². The van der Waals surface area contributed by atoms with Crippen LogP contribution in [-0.4, -0.2) is 47.4 Å². The summed E-state index contributed by atoms with van der Waals surface area (Å²) in [5.74, 6) is 0.369. The Balaban J connectivity index is 1.79. The maximum atomic E-state index is 10.1. The molecule has 0 amide bonds. The molecule has 4 bridgehead atoms. The van der Waals surface area contributed by atoms with Gasteiger partial charge >= 0.3 is 0 Å². The summed E-state index contributed by atoms with van der Waals surface area (Å²) in [6.45, 7) is 1.77. The van der Waals surface area contributed by atoms with Crippen molar-refractivity contribution in [2.24, 2.45) is 5.73 Å². The molecule has 4 nitrogen and oxygen atoms in total. The Hall–Kier alpha value is -1.10. The molecule has 0 aromatic heterocycles. The van der Waals surface area contributed by atoms with E-state index in [1.165, 1.54) is 11.1 Å². The minimum atomic E-state index is -0.192. The lowest BCUT2D eigenvalue weighted by atomic mass is 9.45. The number of piperidine rings is 1. The molecule has 3 aliphatic heterocycles. The summed E-state index contributed by atoms with van der Waals surface area (Å²) in [6, 6.07) is 6.36. The number of aromatic hydroxyl groups is 1. The van der Waals surface area contributed by atoms with Gasteiger partial charge in [-0.15, -0.1) is 0 Å². The first-order valence-electron chi connectivity index (χ1n) is 8.44. The topological polar surface area (TPSA) is 58.7 Å². The fraction of sp³-hybridized carbons (Fsp3) is 0.667. The van der Waals surface area contributed by atoms with Gasteiger partial charge in [-0.1, -0.05) is 6.07 Å². The zero-order valence-electron chi connectivity index (χ0n) is 13.1. The molecule has 1 saturated carbocycles. The molecule has 4 fully saturated rings. The highest BCUT2D eigenvalue weighted by Gasteiger charge is 2.70. The smallest absolute Gasteiger partial charge is 0.115 e. The first kappa shape index (κ1) is 13.3. The van der Waals surface area contributed by atoms with Gasteiger partial charge in [0.05, 0.1) is 12.2 Å². The van der Waals surface area contributed by atoms with E-state index in [1.807, 2.05) is 12.1 Å². The Morgan fingerprint density at radius 1 is 1.32 bits per heavy atom. The van der Waals surface area contributed by atoms with Gasteiger partial charge < -0.3 is 20.5 Å². The molecule has 0 unspecified atom stereocenters. The van der Waals surface area contributed by atoms with Crippen LogP contribution in [0.15, 0.2) is 18.2 Å². The Kier molecular flexibility index (Phi) is 2.34. The Bertz CT molecular complexity index is 650. The van der Waals surface area contributed by atoms with E-state index in [-0.39, 0.29) is 16.6 Å². The fourth-order valence-corrected chi connectivity index (χ4v) is 6.05. The van der Waals surface area contributed by atoms with Crippen molar-refractivity contribution < 1.29 is 9.84 Å². The van der Waals surface area contributed by atoms with Crippen LogP contribution in [0, 0.1) is 0 Å². The normalized spacial score (nSPS) is 46.2. The minimum absolute atomic E-state index is 0.0122. The number of nitrogens with two attached hydrogens (primary N) is 1. The van der Waals surface area contributed by atoms with Gasteiger partial charge in [-0.2, -0.15) is 0 Å². The third-order valence-corrected chi connectivity index (χ3v) is 7.06. The summed E-state index contributed by atoms with van der Waals surface area (Å²) in [5, 5.41) is 10.1. The summed E-state index contributed by atoms with van der Waals surface area (Å²) in [6.07, 6.45) is 5.21. The molecule has 6 rings (SSSR count). The van der Waals surface area contributed by atoms with E-state index in [1.54, 1.807) is 0 Å². The third kappa shape index (κ3) is 1.35. The third-order valence-electron chi connectivity index (χ3n) is 7.06. The number of hydrogen-bond donors (Lipinski definition) is 2. The van der Waals surface area contributed by atoms with Gasteiger partial charge in [-0.3, -0.25) is 0 Å². The average molecular weight is 300 g/mol. The monoisotopic (exact) mass is 300 g/mol. The van der Waals surface area contributed by atoms with Crippen LogP contribution in [0.3, 0.4) is 0 Å². The van der Waals surface area contributed by atoms with Crippen LogP contribution in [0.5, 0.6) is 5.75 Å². The first-order chi connectivity index (χ1) is 10.5. The zero-order valence-corrected chi connectivity index (χ0v) is 13.1.